The molecule has 0 amide bonds. The number of rotatable bonds is 6. The molecule has 1 heterocycles. The van der Waals surface area contributed by atoms with Gasteiger partial charge >= 0.3 is 0 Å². The fraction of sp³-hybridized carbons (Fsp3) is 0.600. The van der Waals surface area contributed by atoms with Crippen LogP contribution in [0.3, 0.4) is 0 Å². The Labute approximate surface area is 115 Å². The van der Waals surface area contributed by atoms with Crippen molar-refractivity contribution in [1.29, 1.82) is 0 Å². The number of benzene rings is 1. The molecule has 0 radical (unpaired) electrons. The molecular formula is C15H24N2O2. The van der Waals surface area contributed by atoms with E-state index in [-0.39, 0.29) is 0 Å². The van der Waals surface area contributed by atoms with Gasteiger partial charge in [0.1, 0.15) is 5.75 Å². The Balaban J connectivity index is 1.92. The van der Waals surface area contributed by atoms with E-state index in [0.717, 1.165) is 37.4 Å². The largest absolute Gasteiger partial charge is 0.491 e. The molecule has 0 saturated carbocycles. The predicted octanol–water partition coefficient (Wildman–Crippen LogP) is 2.89. The summed E-state index contributed by atoms with van der Waals surface area (Å²) in [6.45, 7) is 6.72. The maximum absolute atomic E-state index is 5.90. The van der Waals surface area contributed by atoms with Crippen LogP contribution in [-0.4, -0.2) is 25.9 Å². The average Bonchev–Trinajstić information content (AvgIpc) is 2.82. The van der Waals surface area contributed by atoms with E-state index in [1.165, 1.54) is 0 Å². The SMILES string of the molecule is CCCOc1cc(NCC2CCOC2C)ccc1N. The minimum atomic E-state index is 0.345. The number of anilines is 2. The Morgan fingerprint density at radius 1 is 1.47 bits per heavy atom. The van der Waals surface area contributed by atoms with Crippen molar-refractivity contribution in [3.05, 3.63) is 18.2 Å². The van der Waals surface area contributed by atoms with Crippen molar-refractivity contribution in [2.75, 3.05) is 30.8 Å². The van der Waals surface area contributed by atoms with Crippen molar-refractivity contribution in [2.45, 2.75) is 32.8 Å². The number of nitrogen functional groups attached to an aromatic ring is 1. The van der Waals surface area contributed by atoms with Crippen LogP contribution in [0.15, 0.2) is 18.2 Å². The molecule has 0 aliphatic carbocycles. The summed E-state index contributed by atoms with van der Waals surface area (Å²) >= 11 is 0. The smallest absolute Gasteiger partial charge is 0.144 e. The van der Waals surface area contributed by atoms with Crippen molar-refractivity contribution in [1.82, 2.24) is 0 Å². The summed E-state index contributed by atoms with van der Waals surface area (Å²) in [5.41, 5.74) is 7.64. The van der Waals surface area contributed by atoms with Crippen molar-refractivity contribution >= 4 is 11.4 Å². The van der Waals surface area contributed by atoms with Crippen LogP contribution in [0.25, 0.3) is 0 Å². The Hall–Kier alpha value is -1.42. The van der Waals surface area contributed by atoms with Gasteiger partial charge in [0.2, 0.25) is 0 Å². The van der Waals surface area contributed by atoms with Gasteiger partial charge in [0.05, 0.1) is 18.4 Å². The third kappa shape index (κ3) is 3.77. The number of nitrogens with two attached hydrogens (primary N) is 1. The quantitative estimate of drug-likeness (QED) is 0.776. The molecule has 1 saturated heterocycles. The third-order valence-electron chi connectivity index (χ3n) is 3.58. The van der Waals surface area contributed by atoms with Crippen LogP contribution in [-0.2, 0) is 4.74 Å². The van der Waals surface area contributed by atoms with Crippen LogP contribution >= 0.6 is 0 Å². The summed E-state index contributed by atoms with van der Waals surface area (Å²) in [6.07, 6.45) is 2.45. The molecular weight excluding hydrogens is 240 g/mol. The van der Waals surface area contributed by atoms with E-state index in [9.17, 15) is 0 Å². The van der Waals surface area contributed by atoms with Crippen LogP contribution in [0.1, 0.15) is 26.7 Å². The van der Waals surface area contributed by atoms with E-state index < -0.39 is 0 Å². The van der Waals surface area contributed by atoms with Gasteiger partial charge in [-0.25, -0.2) is 0 Å². The lowest BCUT2D eigenvalue weighted by atomic mass is 10.0. The molecule has 1 aromatic rings. The highest BCUT2D eigenvalue weighted by Gasteiger charge is 2.23. The van der Waals surface area contributed by atoms with E-state index in [1.807, 2.05) is 18.2 Å². The standard InChI is InChI=1S/C15H24N2O2/c1-3-7-19-15-9-13(4-5-14(15)16)17-10-12-6-8-18-11(12)2/h4-5,9,11-12,17H,3,6-8,10,16H2,1-2H3. The van der Waals surface area contributed by atoms with Gasteiger partial charge < -0.3 is 20.5 Å². The molecule has 4 heteroatoms. The first-order valence-corrected chi connectivity index (χ1v) is 7.08. The summed E-state index contributed by atoms with van der Waals surface area (Å²) in [5.74, 6) is 1.35. The molecule has 1 aliphatic heterocycles. The lowest BCUT2D eigenvalue weighted by Gasteiger charge is -2.16. The van der Waals surface area contributed by atoms with Crippen LogP contribution in [0.5, 0.6) is 5.75 Å². The fourth-order valence-corrected chi connectivity index (χ4v) is 2.27. The van der Waals surface area contributed by atoms with Crippen molar-refractivity contribution in [2.24, 2.45) is 5.92 Å². The Kier molecular flexibility index (Phi) is 4.91. The van der Waals surface area contributed by atoms with E-state index in [1.54, 1.807) is 0 Å². The van der Waals surface area contributed by atoms with Crippen LogP contribution < -0.4 is 15.8 Å². The van der Waals surface area contributed by atoms with Gasteiger partial charge in [-0.3, -0.25) is 0 Å². The Morgan fingerprint density at radius 2 is 2.32 bits per heavy atom. The van der Waals surface area contributed by atoms with Gasteiger partial charge in [0.25, 0.3) is 0 Å². The Morgan fingerprint density at radius 3 is 3.00 bits per heavy atom. The number of ether oxygens (including phenoxy) is 2. The second-order valence-corrected chi connectivity index (χ2v) is 5.11. The highest BCUT2D eigenvalue weighted by Crippen LogP contribution is 2.27. The predicted molar refractivity (Wildman–Crippen MR) is 78.7 cm³/mol. The van der Waals surface area contributed by atoms with Crippen LogP contribution in [0.4, 0.5) is 11.4 Å². The topological polar surface area (TPSA) is 56.5 Å². The zero-order chi connectivity index (χ0) is 13.7. The van der Waals surface area contributed by atoms with Crippen molar-refractivity contribution in [3.8, 4) is 5.75 Å². The maximum Gasteiger partial charge on any atom is 0.144 e. The minimum absolute atomic E-state index is 0.345. The minimum Gasteiger partial charge on any atom is -0.491 e. The van der Waals surface area contributed by atoms with Gasteiger partial charge in [0, 0.05) is 30.8 Å². The van der Waals surface area contributed by atoms with Crippen molar-refractivity contribution < 1.29 is 9.47 Å². The molecule has 0 spiro atoms. The molecule has 2 unspecified atom stereocenters. The Bertz CT molecular complexity index is 409. The molecule has 106 valence electrons. The van der Waals surface area contributed by atoms with Crippen LogP contribution in [0.2, 0.25) is 0 Å². The molecule has 3 N–H and O–H groups in total. The molecule has 1 fully saturated rings. The molecule has 0 bridgehead atoms. The molecule has 2 rings (SSSR count). The number of hydrogen-bond donors (Lipinski definition) is 2. The summed E-state index contributed by atoms with van der Waals surface area (Å²) < 4.78 is 11.2. The summed E-state index contributed by atoms with van der Waals surface area (Å²) in [6, 6.07) is 5.86. The highest BCUT2D eigenvalue weighted by atomic mass is 16.5. The zero-order valence-electron chi connectivity index (χ0n) is 11.8. The summed E-state index contributed by atoms with van der Waals surface area (Å²) in [5, 5.41) is 3.45. The van der Waals surface area contributed by atoms with E-state index in [4.69, 9.17) is 15.2 Å². The first-order valence-electron chi connectivity index (χ1n) is 7.08. The second-order valence-electron chi connectivity index (χ2n) is 5.11. The summed E-state index contributed by atoms with van der Waals surface area (Å²) in [4.78, 5) is 0. The summed E-state index contributed by atoms with van der Waals surface area (Å²) in [7, 11) is 0. The molecule has 1 aliphatic rings. The van der Waals surface area contributed by atoms with Gasteiger partial charge in [-0.05, 0) is 31.9 Å². The van der Waals surface area contributed by atoms with Crippen LogP contribution in [0, 0.1) is 5.92 Å². The van der Waals surface area contributed by atoms with Gasteiger partial charge in [-0.15, -0.1) is 0 Å². The van der Waals surface area contributed by atoms with E-state index in [0.29, 0.717) is 24.3 Å². The monoisotopic (exact) mass is 264 g/mol. The first kappa shape index (κ1) is 14.0. The maximum atomic E-state index is 5.90. The molecule has 2 atom stereocenters. The average molecular weight is 264 g/mol. The molecule has 4 nitrogen and oxygen atoms in total. The first-order chi connectivity index (χ1) is 9.20. The normalized spacial score (nSPS) is 22.4. The lowest BCUT2D eigenvalue weighted by Crippen LogP contribution is -2.20. The number of nitrogens with one attached hydrogen (secondary N) is 1. The van der Waals surface area contributed by atoms with Gasteiger partial charge in [-0.1, -0.05) is 6.92 Å². The van der Waals surface area contributed by atoms with Gasteiger partial charge in [-0.2, -0.15) is 0 Å². The zero-order valence-corrected chi connectivity index (χ0v) is 11.8. The van der Waals surface area contributed by atoms with Gasteiger partial charge in [0.15, 0.2) is 0 Å². The molecule has 19 heavy (non-hydrogen) atoms. The second kappa shape index (κ2) is 6.66. The number of hydrogen-bond acceptors (Lipinski definition) is 4. The third-order valence-corrected chi connectivity index (χ3v) is 3.58. The molecule has 1 aromatic carbocycles. The van der Waals surface area contributed by atoms with E-state index >= 15 is 0 Å². The lowest BCUT2D eigenvalue weighted by molar-refractivity contribution is 0.108. The van der Waals surface area contributed by atoms with Crippen molar-refractivity contribution in [3.63, 3.8) is 0 Å². The fourth-order valence-electron chi connectivity index (χ4n) is 2.27. The molecule has 0 aromatic heterocycles. The van der Waals surface area contributed by atoms with E-state index in [2.05, 4.69) is 19.2 Å². The highest BCUT2D eigenvalue weighted by molar-refractivity contribution is 5.61.